The summed E-state index contributed by atoms with van der Waals surface area (Å²) in [6.07, 6.45) is 1.78. The fourth-order valence-electron chi connectivity index (χ4n) is 2.57. The van der Waals surface area contributed by atoms with Gasteiger partial charge in [-0.1, -0.05) is 0 Å². The van der Waals surface area contributed by atoms with Gasteiger partial charge in [0.1, 0.15) is 29.6 Å². The molecule has 24 heavy (non-hydrogen) atoms. The van der Waals surface area contributed by atoms with Gasteiger partial charge in [0.15, 0.2) is 5.78 Å². The standard InChI is InChI=1S/C19H18O5/c1-21-14-6-7-17-16(9-14)19(20)13(11-24-17)8-12-4-5-15(22-2)10-18(12)23-3/h4-10H,11H2,1-3H3. The number of rotatable bonds is 4. The van der Waals surface area contributed by atoms with Crippen LogP contribution in [-0.4, -0.2) is 33.7 Å². The largest absolute Gasteiger partial charge is 0.497 e. The number of carbonyl (C=O) groups is 1. The number of ether oxygens (including phenoxy) is 4. The van der Waals surface area contributed by atoms with Crippen molar-refractivity contribution < 1.29 is 23.7 Å². The van der Waals surface area contributed by atoms with Gasteiger partial charge in [0.2, 0.25) is 0 Å². The van der Waals surface area contributed by atoms with Crippen LogP contribution >= 0.6 is 0 Å². The zero-order chi connectivity index (χ0) is 17.1. The lowest BCUT2D eigenvalue weighted by Crippen LogP contribution is -2.19. The van der Waals surface area contributed by atoms with E-state index in [9.17, 15) is 4.79 Å². The summed E-state index contributed by atoms with van der Waals surface area (Å²) in [5, 5.41) is 0. The van der Waals surface area contributed by atoms with Crippen molar-refractivity contribution in [3.8, 4) is 23.0 Å². The fourth-order valence-corrected chi connectivity index (χ4v) is 2.57. The number of hydrogen-bond acceptors (Lipinski definition) is 5. The summed E-state index contributed by atoms with van der Waals surface area (Å²) in [6, 6.07) is 10.6. The van der Waals surface area contributed by atoms with Crippen LogP contribution < -0.4 is 18.9 Å². The van der Waals surface area contributed by atoms with Crippen molar-refractivity contribution in [1.29, 1.82) is 0 Å². The third kappa shape index (κ3) is 2.93. The minimum atomic E-state index is -0.0759. The highest BCUT2D eigenvalue weighted by molar-refractivity contribution is 6.14. The Bertz CT molecular complexity index is 807. The number of carbonyl (C=O) groups excluding carboxylic acids is 1. The highest BCUT2D eigenvalue weighted by atomic mass is 16.5. The number of Topliss-reactive ketones (excluding diaryl/α,β-unsaturated/α-hetero) is 1. The Morgan fingerprint density at radius 1 is 0.958 bits per heavy atom. The van der Waals surface area contributed by atoms with Crippen molar-refractivity contribution in [1.82, 2.24) is 0 Å². The molecular weight excluding hydrogens is 308 g/mol. The van der Waals surface area contributed by atoms with Crippen LogP contribution in [0.5, 0.6) is 23.0 Å². The summed E-state index contributed by atoms with van der Waals surface area (Å²) >= 11 is 0. The Hall–Kier alpha value is -2.95. The van der Waals surface area contributed by atoms with E-state index in [0.717, 1.165) is 5.56 Å². The molecule has 0 N–H and O–H groups in total. The highest BCUT2D eigenvalue weighted by Crippen LogP contribution is 2.33. The molecule has 0 unspecified atom stereocenters. The van der Waals surface area contributed by atoms with Crippen LogP contribution in [0.25, 0.3) is 6.08 Å². The van der Waals surface area contributed by atoms with Gasteiger partial charge >= 0.3 is 0 Å². The SMILES string of the molecule is COc1ccc(C=C2COc3ccc(OC)cc3C2=O)c(OC)c1. The van der Waals surface area contributed by atoms with Crippen molar-refractivity contribution in [3.05, 3.63) is 53.1 Å². The van der Waals surface area contributed by atoms with Crippen LogP contribution in [0.2, 0.25) is 0 Å². The van der Waals surface area contributed by atoms with Crippen LogP contribution in [0.15, 0.2) is 42.0 Å². The lowest BCUT2D eigenvalue weighted by molar-refractivity contribution is 0.100. The number of fused-ring (bicyclic) bond motifs is 1. The van der Waals surface area contributed by atoms with Crippen molar-refractivity contribution in [2.45, 2.75) is 0 Å². The maximum atomic E-state index is 12.7. The number of methoxy groups -OCH3 is 3. The molecule has 0 amide bonds. The van der Waals surface area contributed by atoms with Crippen molar-refractivity contribution in [2.24, 2.45) is 0 Å². The molecule has 2 aromatic rings. The van der Waals surface area contributed by atoms with E-state index < -0.39 is 0 Å². The van der Waals surface area contributed by atoms with E-state index in [0.29, 0.717) is 34.1 Å². The molecule has 3 rings (SSSR count). The average Bonchev–Trinajstić information content (AvgIpc) is 2.64. The molecule has 2 aromatic carbocycles. The van der Waals surface area contributed by atoms with E-state index >= 15 is 0 Å². The maximum Gasteiger partial charge on any atom is 0.196 e. The quantitative estimate of drug-likeness (QED) is 0.806. The second kappa shape index (κ2) is 6.66. The topological polar surface area (TPSA) is 54.0 Å². The number of benzene rings is 2. The molecule has 1 aliphatic rings. The van der Waals surface area contributed by atoms with Crippen LogP contribution in [0.4, 0.5) is 0 Å². The van der Waals surface area contributed by atoms with Crippen LogP contribution in [0.1, 0.15) is 15.9 Å². The van der Waals surface area contributed by atoms with E-state index in [-0.39, 0.29) is 12.4 Å². The van der Waals surface area contributed by atoms with Crippen LogP contribution in [-0.2, 0) is 0 Å². The van der Waals surface area contributed by atoms with E-state index in [1.807, 2.05) is 12.1 Å². The van der Waals surface area contributed by atoms with E-state index in [4.69, 9.17) is 18.9 Å². The molecule has 0 saturated carbocycles. The second-order valence-electron chi connectivity index (χ2n) is 5.26. The van der Waals surface area contributed by atoms with E-state index in [1.54, 1.807) is 51.7 Å². The first kappa shape index (κ1) is 15.9. The van der Waals surface area contributed by atoms with Gasteiger partial charge in [-0.25, -0.2) is 0 Å². The summed E-state index contributed by atoms with van der Waals surface area (Å²) < 4.78 is 21.4. The monoisotopic (exact) mass is 326 g/mol. The molecule has 0 fully saturated rings. The van der Waals surface area contributed by atoms with E-state index in [2.05, 4.69) is 0 Å². The Morgan fingerprint density at radius 3 is 2.38 bits per heavy atom. The predicted molar refractivity (Wildman–Crippen MR) is 90.3 cm³/mol. The Kier molecular flexibility index (Phi) is 4.42. The number of hydrogen-bond donors (Lipinski definition) is 0. The van der Waals surface area contributed by atoms with Gasteiger partial charge in [0, 0.05) is 17.2 Å². The third-order valence-electron chi connectivity index (χ3n) is 3.88. The van der Waals surface area contributed by atoms with Crippen molar-refractivity contribution >= 4 is 11.9 Å². The van der Waals surface area contributed by atoms with Crippen LogP contribution in [0.3, 0.4) is 0 Å². The zero-order valence-corrected chi connectivity index (χ0v) is 13.8. The molecule has 0 spiro atoms. The number of ketones is 1. The highest BCUT2D eigenvalue weighted by Gasteiger charge is 2.24. The molecule has 1 aliphatic heterocycles. The van der Waals surface area contributed by atoms with Crippen LogP contribution in [0, 0.1) is 0 Å². The van der Waals surface area contributed by atoms with Gasteiger partial charge in [-0.15, -0.1) is 0 Å². The summed E-state index contributed by atoms with van der Waals surface area (Å²) in [4.78, 5) is 12.7. The maximum absolute atomic E-state index is 12.7. The normalized spacial score (nSPS) is 14.8. The van der Waals surface area contributed by atoms with E-state index in [1.165, 1.54) is 0 Å². The third-order valence-corrected chi connectivity index (χ3v) is 3.88. The summed E-state index contributed by atoms with van der Waals surface area (Å²) in [6.45, 7) is 0.216. The first-order valence-corrected chi connectivity index (χ1v) is 7.44. The molecular formula is C19H18O5. The van der Waals surface area contributed by atoms with Gasteiger partial charge in [0.05, 0.1) is 26.9 Å². The Labute approximate surface area is 140 Å². The van der Waals surface area contributed by atoms with Gasteiger partial charge in [-0.3, -0.25) is 4.79 Å². The first-order chi connectivity index (χ1) is 11.7. The minimum Gasteiger partial charge on any atom is -0.497 e. The summed E-state index contributed by atoms with van der Waals surface area (Å²) in [5.41, 5.74) is 1.84. The Morgan fingerprint density at radius 2 is 1.67 bits per heavy atom. The molecule has 0 atom stereocenters. The Balaban J connectivity index is 1.98. The van der Waals surface area contributed by atoms with Gasteiger partial charge < -0.3 is 18.9 Å². The van der Waals surface area contributed by atoms with Gasteiger partial charge in [-0.05, 0) is 36.4 Å². The molecule has 0 bridgehead atoms. The lowest BCUT2D eigenvalue weighted by Gasteiger charge is -2.19. The lowest BCUT2D eigenvalue weighted by atomic mass is 9.98. The second-order valence-corrected chi connectivity index (χ2v) is 5.26. The van der Waals surface area contributed by atoms with Crippen molar-refractivity contribution in [2.75, 3.05) is 27.9 Å². The van der Waals surface area contributed by atoms with Gasteiger partial charge in [0.25, 0.3) is 0 Å². The summed E-state index contributed by atoms with van der Waals surface area (Å²) in [7, 11) is 4.74. The molecule has 124 valence electrons. The molecule has 5 nitrogen and oxygen atoms in total. The van der Waals surface area contributed by atoms with Gasteiger partial charge in [-0.2, -0.15) is 0 Å². The minimum absolute atomic E-state index is 0.0759. The molecule has 1 heterocycles. The molecule has 0 aromatic heterocycles. The molecule has 0 aliphatic carbocycles. The van der Waals surface area contributed by atoms with Crippen molar-refractivity contribution in [3.63, 3.8) is 0 Å². The smallest absolute Gasteiger partial charge is 0.196 e. The molecule has 5 heteroatoms. The molecule has 0 radical (unpaired) electrons. The first-order valence-electron chi connectivity index (χ1n) is 7.44. The molecule has 0 saturated heterocycles. The average molecular weight is 326 g/mol. The predicted octanol–water partition coefficient (Wildman–Crippen LogP) is 3.37. The summed E-state index contributed by atoms with van der Waals surface area (Å²) in [5.74, 6) is 2.43. The zero-order valence-electron chi connectivity index (χ0n) is 13.8. The fraction of sp³-hybridized carbons (Fsp3) is 0.211.